The largest absolute Gasteiger partial charge is 0.484 e. The molecule has 3 aromatic carbocycles. The first-order valence-corrected chi connectivity index (χ1v) is 8.43. The molecule has 4 heteroatoms. The van der Waals surface area contributed by atoms with Crippen molar-refractivity contribution in [1.29, 1.82) is 0 Å². The molecular weight excluding hydrogens is 326 g/mol. The Labute approximate surface area is 153 Å². The molecule has 0 fully saturated rings. The number of ether oxygens (including phenoxy) is 2. The van der Waals surface area contributed by atoms with E-state index in [0.717, 1.165) is 17.0 Å². The SMILES string of the molecule is Cc1ccc(Oc2ccc(OCC(=O)Nc3ccccc3C)cc2)cc1. The maximum absolute atomic E-state index is 12.0. The van der Waals surface area contributed by atoms with Crippen LogP contribution in [-0.4, -0.2) is 12.5 Å². The third kappa shape index (κ3) is 4.86. The van der Waals surface area contributed by atoms with Crippen LogP contribution in [0.2, 0.25) is 0 Å². The lowest BCUT2D eigenvalue weighted by molar-refractivity contribution is -0.118. The third-order valence-corrected chi connectivity index (χ3v) is 3.87. The van der Waals surface area contributed by atoms with Crippen LogP contribution in [0.15, 0.2) is 72.8 Å². The first-order chi connectivity index (χ1) is 12.6. The van der Waals surface area contributed by atoms with E-state index in [4.69, 9.17) is 9.47 Å². The van der Waals surface area contributed by atoms with Crippen LogP contribution in [0.1, 0.15) is 11.1 Å². The van der Waals surface area contributed by atoms with E-state index in [1.54, 1.807) is 12.1 Å². The summed E-state index contributed by atoms with van der Waals surface area (Å²) < 4.78 is 11.3. The lowest BCUT2D eigenvalue weighted by Gasteiger charge is -2.10. The topological polar surface area (TPSA) is 47.6 Å². The zero-order chi connectivity index (χ0) is 18.4. The molecule has 132 valence electrons. The summed E-state index contributed by atoms with van der Waals surface area (Å²) in [5.41, 5.74) is 2.99. The van der Waals surface area contributed by atoms with E-state index in [0.29, 0.717) is 11.5 Å². The molecule has 0 atom stereocenters. The Kier molecular flexibility index (Phi) is 5.54. The number of amides is 1. The van der Waals surface area contributed by atoms with Crippen LogP contribution in [0.3, 0.4) is 0 Å². The van der Waals surface area contributed by atoms with Gasteiger partial charge in [0.15, 0.2) is 6.61 Å². The van der Waals surface area contributed by atoms with E-state index >= 15 is 0 Å². The lowest BCUT2D eigenvalue weighted by atomic mass is 10.2. The average Bonchev–Trinajstić information content (AvgIpc) is 2.65. The van der Waals surface area contributed by atoms with Gasteiger partial charge in [-0.05, 0) is 61.9 Å². The van der Waals surface area contributed by atoms with Crippen molar-refractivity contribution in [1.82, 2.24) is 0 Å². The van der Waals surface area contributed by atoms with Crippen molar-refractivity contribution in [2.75, 3.05) is 11.9 Å². The highest BCUT2D eigenvalue weighted by molar-refractivity contribution is 5.92. The average molecular weight is 347 g/mol. The summed E-state index contributed by atoms with van der Waals surface area (Å²) in [6.45, 7) is 3.93. The van der Waals surface area contributed by atoms with Crippen molar-refractivity contribution in [2.45, 2.75) is 13.8 Å². The first kappa shape index (κ1) is 17.5. The Morgan fingerprint density at radius 2 is 1.38 bits per heavy atom. The lowest BCUT2D eigenvalue weighted by Crippen LogP contribution is -2.20. The quantitative estimate of drug-likeness (QED) is 0.674. The number of nitrogens with one attached hydrogen (secondary N) is 1. The van der Waals surface area contributed by atoms with Crippen molar-refractivity contribution in [3.63, 3.8) is 0 Å². The Bertz CT molecular complexity index is 871. The van der Waals surface area contributed by atoms with Gasteiger partial charge in [-0.25, -0.2) is 0 Å². The van der Waals surface area contributed by atoms with Gasteiger partial charge in [-0.2, -0.15) is 0 Å². The Balaban J connectivity index is 1.52. The number of carbonyl (C=O) groups excluding carboxylic acids is 1. The second-order valence-corrected chi connectivity index (χ2v) is 6.04. The van der Waals surface area contributed by atoms with Crippen molar-refractivity contribution >= 4 is 11.6 Å². The molecule has 0 aliphatic heterocycles. The van der Waals surface area contributed by atoms with Crippen LogP contribution in [0.4, 0.5) is 5.69 Å². The van der Waals surface area contributed by atoms with E-state index in [-0.39, 0.29) is 12.5 Å². The maximum Gasteiger partial charge on any atom is 0.262 e. The number of anilines is 1. The van der Waals surface area contributed by atoms with Crippen molar-refractivity contribution in [2.24, 2.45) is 0 Å². The number of benzene rings is 3. The van der Waals surface area contributed by atoms with Crippen molar-refractivity contribution < 1.29 is 14.3 Å². The number of hydrogen-bond acceptors (Lipinski definition) is 3. The predicted octanol–water partition coefficient (Wildman–Crippen LogP) is 5.11. The molecule has 3 rings (SSSR count). The third-order valence-electron chi connectivity index (χ3n) is 3.87. The molecule has 3 aromatic rings. The van der Waals surface area contributed by atoms with E-state index in [2.05, 4.69) is 5.32 Å². The molecule has 0 spiro atoms. The Morgan fingerprint density at radius 3 is 2.04 bits per heavy atom. The number of rotatable bonds is 6. The van der Waals surface area contributed by atoms with Crippen LogP contribution in [0.25, 0.3) is 0 Å². The fourth-order valence-corrected chi connectivity index (χ4v) is 2.39. The minimum atomic E-state index is -0.195. The number of aryl methyl sites for hydroxylation is 2. The second-order valence-electron chi connectivity index (χ2n) is 6.04. The van der Waals surface area contributed by atoms with Crippen LogP contribution >= 0.6 is 0 Å². The molecule has 0 saturated heterocycles. The van der Waals surface area contributed by atoms with E-state index < -0.39 is 0 Å². The van der Waals surface area contributed by atoms with Crippen LogP contribution in [0, 0.1) is 13.8 Å². The van der Waals surface area contributed by atoms with Crippen molar-refractivity contribution in [3.05, 3.63) is 83.9 Å². The summed E-state index contributed by atoms with van der Waals surface area (Å²) in [7, 11) is 0. The molecule has 0 aromatic heterocycles. The molecule has 0 unspecified atom stereocenters. The normalized spacial score (nSPS) is 10.2. The van der Waals surface area contributed by atoms with Crippen LogP contribution in [0.5, 0.6) is 17.2 Å². The number of para-hydroxylation sites is 1. The molecule has 0 aliphatic carbocycles. The molecule has 0 aliphatic rings. The van der Waals surface area contributed by atoms with Crippen LogP contribution in [-0.2, 0) is 4.79 Å². The monoisotopic (exact) mass is 347 g/mol. The summed E-state index contributed by atoms with van der Waals surface area (Å²) in [6, 6.07) is 22.7. The standard InChI is InChI=1S/C22H21NO3/c1-16-7-9-19(10-8-16)26-20-13-11-18(12-14-20)25-15-22(24)23-21-6-4-3-5-17(21)2/h3-14H,15H2,1-2H3,(H,23,24). The zero-order valence-electron chi connectivity index (χ0n) is 14.9. The van der Waals surface area contributed by atoms with Gasteiger partial charge in [0, 0.05) is 5.69 Å². The highest BCUT2D eigenvalue weighted by atomic mass is 16.5. The summed E-state index contributed by atoms with van der Waals surface area (Å²) in [5.74, 6) is 1.91. The van der Waals surface area contributed by atoms with Gasteiger partial charge in [0.2, 0.25) is 0 Å². The van der Waals surface area contributed by atoms with Crippen molar-refractivity contribution in [3.8, 4) is 17.2 Å². The molecular formula is C22H21NO3. The van der Waals surface area contributed by atoms with E-state index in [9.17, 15) is 4.79 Å². The predicted molar refractivity (Wildman–Crippen MR) is 103 cm³/mol. The second kappa shape index (κ2) is 8.21. The van der Waals surface area contributed by atoms with E-state index in [1.165, 1.54) is 5.56 Å². The highest BCUT2D eigenvalue weighted by Gasteiger charge is 2.06. The molecule has 4 nitrogen and oxygen atoms in total. The van der Waals surface area contributed by atoms with Gasteiger partial charge in [-0.1, -0.05) is 35.9 Å². The Hall–Kier alpha value is -3.27. The zero-order valence-corrected chi connectivity index (χ0v) is 14.9. The molecule has 1 N–H and O–H groups in total. The van der Waals surface area contributed by atoms with Gasteiger partial charge in [0.05, 0.1) is 0 Å². The van der Waals surface area contributed by atoms with Gasteiger partial charge in [0.25, 0.3) is 5.91 Å². The molecule has 26 heavy (non-hydrogen) atoms. The van der Waals surface area contributed by atoms with Gasteiger partial charge in [0.1, 0.15) is 17.2 Å². The number of carbonyl (C=O) groups is 1. The fourth-order valence-electron chi connectivity index (χ4n) is 2.39. The molecule has 0 bridgehead atoms. The van der Waals surface area contributed by atoms with Gasteiger partial charge in [-0.3, -0.25) is 4.79 Å². The summed E-state index contributed by atoms with van der Waals surface area (Å²) in [4.78, 5) is 12.0. The molecule has 0 heterocycles. The molecule has 1 amide bonds. The fraction of sp³-hybridized carbons (Fsp3) is 0.136. The smallest absolute Gasteiger partial charge is 0.262 e. The minimum absolute atomic E-state index is 0.0491. The summed E-state index contributed by atoms with van der Waals surface area (Å²) in [5, 5.41) is 2.84. The van der Waals surface area contributed by atoms with Gasteiger partial charge < -0.3 is 14.8 Å². The van der Waals surface area contributed by atoms with Gasteiger partial charge in [-0.15, -0.1) is 0 Å². The maximum atomic E-state index is 12.0. The highest BCUT2D eigenvalue weighted by Crippen LogP contribution is 2.24. The molecule has 0 saturated carbocycles. The Morgan fingerprint density at radius 1 is 0.808 bits per heavy atom. The first-order valence-electron chi connectivity index (χ1n) is 8.43. The van der Waals surface area contributed by atoms with E-state index in [1.807, 2.05) is 74.5 Å². The van der Waals surface area contributed by atoms with Crippen LogP contribution < -0.4 is 14.8 Å². The summed E-state index contributed by atoms with van der Waals surface area (Å²) >= 11 is 0. The summed E-state index contributed by atoms with van der Waals surface area (Å²) in [6.07, 6.45) is 0. The molecule has 0 radical (unpaired) electrons. The minimum Gasteiger partial charge on any atom is -0.484 e. The number of hydrogen-bond donors (Lipinski definition) is 1. The van der Waals surface area contributed by atoms with Gasteiger partial charge >= 0.3 is 0 Å².